The van der Waals surface area contributed by atoms with E-state index in [0.717, 1.165) is 0 Å². The molecule has 0 spiro atoms. The molecule has 0 aliphatic carbocycles. The first-order valence-corrected chi connectivity index (χ1v) is 5.95. The highest BCUT2D eigenvalue weighted by atomic mass is 35.7. The van der Waals surface area contributed by atoms with E-state index in [1.54, 1.807) is 30.3 Å². The largest absolute Gasteiger partial charge is 0.253 e. The third-order valence-corrected chi connectivity index (χ3v) is 3.84. The lowest BCUT2D eigenvalue weighted by atomic mass is 10.2. The highest BCUT2D eigenvalue weighted by Crippen LogP contribution is 2.28. The summed E-state index contributed by atoms with van der Waals surface area (Å²) < 4.78 is 20.4. The Bertz CT molecular complexity index is 347. The normalized spacial score (nSPS) is 14.2. The molecule has 2 nitrogen and oxygen atoms in total. The molecule has 0 amide bonds. The van der Waals surface area contributed by atoms with Crippen LogP contribution in [0.2, 0.25) is 0 Å². The SMILES string of the molecule is O=S(=O)(Cl)C(Cl)c1ccccc1. The van der Waals surface area contributed by atoms with Crippen molar-refractivity contribution < 1.29 is 8.42 Å². The number of rotatable bonds is 2. The van der Waals surface area contributed by atoms with E-state index in [1.165, 1.54) is 0 Å². The van der Waals surface area contributed by atoms with Crippen molar-refractivity contribution >= 4 is 31.3 Å². The highest BCUT2D eigenvalue weighted by Gasteiger charge is 2.21. The van der Waals surface area contributed by atoms with Crippen LogP contribution in [0.15, 0.2) is 30.3 Å². The second-order valence-electron chi connectivity index (χ2n) is 2.20. The molecule has 0 saturated heterocycles. The Kier molecular flexibility index (Phi) is 2.99. The van der Waals surface area contributed by atoms with Crippen molar-refractivity contribution in [1.29, 1.82) is 0 Å². The van der Waals surface area contributed by atoms with Crippen LogP contribution < -0.4 is 0 Å². The molecule has 0 radical (unpaired) electrons. The van der Waals surface area contributed by atoms with Crippen LogP contribution in [0.25, 0.3) is 0 Å². The number of halogens is 2. The van der Waals surface area contributed by atoms with Gasteiger partial charge in [-0.15, -0.1) is 0 Å². The molecule has 1 rings (SSSR count). The summed E-state index contributed by atoms with van der Waals surface area (Å²) in [6.07, 6.45) is 0. The molecule has 0 aliphatic rings. The second kappa shape index (κ2) is 3.64. The lowest BCUT2D eigenvalue weighted by Crippen LogP contribution is -1.99. The Hall–Kier alpha value is -0.250. The molecule has 0 N–H and O–H groups in total. The predicted octanol–water partition coefficient (Wildman–Crippen LogP) is 2.49. The molecule has 12 heavy (non-hydrogen) atoms. The summed E-state index contributed by atoms with van der Waals surface area (Å²) in [6.45, 7) is 0. The molecule has 0 aliphatic heterocycles. The second-order valence-corrected chi connectivity index (χ2v) is 5.61. The van der Waals surface area contributed by atoms with Gasteiger partial charge in [0.25, 0.3) is 9.05 Å². The fraction of sp³-hybridized carbons (Fsp3) is 0.143. The maximum atomic E-state index is 10.8. The summed E-state index contributed by atoms with van der Waals surface area (Å²) in [5.74, 6) is 0. The number of hydrogen-bond donors (Lipinski definition) is 0. The van der Waals surface area contributed by atoms with E-state index < -0.39 is 13.8 Å². The number of benzene rings is 1. The molecule has 0 saturated carbocycles. The summed E-state index contributed by atoms with van der Waals surface area (Å²) in [7, 11) is 1.34. The van der Waals surface area contributed by atoms with Gasteiger partial charge in [-0.1, -0.05) is 41.9 Å². The topological polar surface area (TPSA) is 34.1 Å². The summed E-state index contributed by atoms with van der Waals surface area (Å²) in [5, 5.41) is 0. The molecule has 0 heterocycles. The minimum atomic E-state index is -3.72. The Labute approximate surface area is 80.5 Å². The first-order chi connectivity index (χ1) is 5.52. The van der Waals surface area contributed by atoms with Crippen molar-refractivity contribution in [2.24, 2.45) is 0 Å². The smallest absolute Gasteiger partial charge is 0.210 e. The van der Waals surface area contributed by atoms with Gasteiger partial charge in [-0.3, -0.25) is 0 Å². The molecule has 66 valence electrons. The maximum Gasteiger partial charge on any atom is 0.253 e. The zero-order chi connectivity index (χ0) is 9.19. The van der Waals surface area contributed by atoms with Crippen molar-refractivity contribution in [3.63, 3.8) is 0 Å². The van der Waals surface area contributed by atoms with Crippen LogP contribution >= 0.6 is 22.3 Å². The molecule has 1 atom stereocenters. The predicted molar refractivity (Wildman–Crippen MR) is 49.8 cm³/mol. The van der Waals surface area contributed by atoms with Gasteiger partial charge in [0.15, 0.2) is 4.71 Å². The van der Waals surface area contributed by atoms with Crippen molar-refractivity contribution in [2.45, 2.75) is 4.71 Å². The van der Waals surface area contributed by atoms with E-state index in [9.17, 15) is 8.42 Å². The lowest BCUT2D eigenvalue weighted by molar-refractivity contribution is 0.607. The summed E-state index contributed by atoms with van der Waals surface area (Å²) in [6, 6.07) is 8.39. The summed E-state index contributed by atoms with van der Waals surface area (Å²) in [4.78, 5) is 0. The van der Waals surface area contributed by atoms with Crippen LogP contribution in [0.4, 0.5) is 0 Å². The molecule has 0 bridgehead atoms. The Balaban J connectivity index is 3.02. The molecular weight excluding hydrogens is 219 g/mol. The van der Waals surface area contributed by atoms with Gasteiger partial charge in [-0.05, 0) is 5.56 Å². The zero-order valence-electron chi connectivity index (χ0n) is 5.94. The Morgan fingerprint density at radius 2 is 1.67 bits per heavy atom. The minimum absolute atomic E-state index is 0.481. The van der Waals surface area contributed by atoms with E-state index in [0.29, 0.717) is 5.56 Å². The van der Waals surface area contributed by atoms with E-state index >= 15 is 0 Å². The third-order valence-electron chi connectivity index (χ3n) is 1.31. The zero-order valence-corrected chi connectivity index (χ0v) is 8.27. The summed E-state index contributed by atoms with van der Waals surface area (Å²) >= 11 is 5.56. The van der Waals surface area contributed by atoms with Gasteiger partial charge in [0.1, 0.15) is 0 Å². The van der Waals surface area contributed by atoms with E-state index in [1.807, 2.05) is 0 Å². The van der Waals surface area contributed by atoms with Gasteiger partial charge < -0.3 is 0 Å². The molecule has 1 unspecified atom stereocenters. The average Bonchev–Trinajstić information content (AvgIpc) is 2.03. The maximum absolute atomic E-state index is 10.8. The van der Waals surface area contributed by atoms with Gasteiger partial charge in [0.2, 0.25) is 0 Å². The van der Waals surface area contributed by atoms with Crippen LogP contribution in [0.1, 0.15) is 10.3 Å². The van der Waals surface area contributed by atoms with Crippen LogP contribution in [-0.2, 0) is 9.05 Å². The summed E-state index contributed by atoms with van der Waals surface area (Å²) in [5.41, 5.74) is 0.481. The fourth-order valence-electron chi connectivity index (χ4n) is 0.767. The quantitative estimate of drug-likeness (QED) is 0.572. The van der Waals surface area contributed by atoms with Gasteiger partial charge >= 0.3 is 0 Å². The Morgan fingerprint density at radius 1 is 1.17 bits per heavy atom. The molecule has 0 fully saturated rings. The highest BCUT2D eigenvalue weighted by molar-refractivity contribution is 8.14. The van der Waals surface area contributed by atoms with Crippen molar-refractivity contribution in [2.75, 3.05) is 0 Å². The van der Waals surface area contributed by atoms with E-state index in [-0.39, 0.29) is 0 Å². The van der Waals surface area contributed by atoms with Crippen molar-refractivity contribution in [1.82, 2.24) is 0 Å². The van der Waals surface area contributed by atoms with Crippen LogP contribution in [0, 0.1) is 0 Å². The average molecular weight is 225 g/mol. The van der Waals surface area contributed by atoms with Gasteiger partial charge in [0.05, 0.1) is 0 Å². The van der Waals surface area contributed by atoms with E-state index in [2.05, 4.69) is 0 Å². The molecule has 1 aromatic rings. The van der Waals surface area contributed by atoms with Crippen LogP contribution in [-0.4, -0.2) is 8.42 Å². The number of hydrogen-bond acceptors (Lipinski definition) is 2. The van der Waals surface area contributed by atoms with Crippen molar-refractivity contribution in [3.05, 3.63) is 35.9 Å². The van der Waals surface area contributed by atoms with Crippen LogP contribution in [0.5, 0.6) is 0 Å². The van der Waals surface area contributed by atoms with Crippen LogP contribution in [0.3, 0.4) is 0 Å². The van der Waals surface area contributed by atoms with Crippen molar-refractivity contribution in [3.8, 4) is 0 Å². The lowest BCUT2D eigenvalue weighted by Gasteiger charge is -2.03. The molecule has 0 aromatic heterocycles. The third kappa shape index (κ3) is 2.37. The van der Waals surface area contributed by atoms with Gasteiger partial charge in [-0.25, -0.2) is 8.42 Å². The van der Waals surface area contributed by atoms with Gasteiger partial charge in [-0.2, -0.15) is 0 Å². The monoisotopic (exact) mass is 224 g/mol. The fourth-order valence-corrected chi connectivity index (χ4v) is 1.70. The minimum Gasteiger partial charge on any atom is -0.210 e. The first kappa shape index (κ1) is 9.84. The Morgan fingerprint density at radius 3 is 2.08 bits per heavy atom. The molecule has 1 aromatic carbocycles. The van der Waals surface area contributed by atoms with Gasteiger partial charge in [0, 0.05) is 10.7 Å². The standard InChI is InChI=1S/C7H6Cl2O2S/c8-7(12(9,10)11)6-4-2-1-3-5-6/h1-5,7H. The number of alkyl halides is 1. The first-order valence-electron chi connectivity index (χ1n) is 3.14. The van der Waals surface area contributed by atoms with E-state index in [4.69, 9.17) is 22.3 Å². The molecular formula is C7H6Cl2O2S. The molecule has 5 heteroatoms.